The van der Waals surface area contributed by atoms with Crippen LogP contribution in [0.3, 0.4) is 0 Å². The Hall–Kier alpha value is -1.52. The SMILES string of the molecule is CC(C)n1c(C(O)C(=O)O)cc2c(Cl)cccc21. The van der Waals surface area contributed by atoms with E-state index in [1.54, 1.807) is 22.8 Å². The molecule has 0 aliphatic rings. The van der Waals surface area contributed by atoms with Crippen molar-refractivity contribution >= 4 is 28.5 Å². The average Bonchev–Trinajstić information content (AvgIpc) is 2.68. The van der Waals surface area contributed by atoms with E-state index in [-0.39, 0.29) is 6.04 Å². The molecule has 96 valence electrons. The Bertz CT molecular complexity index is 604. The van der Waals surface area contributed by atoms with Gasteiger partial charge in [-0.2, -0.15) is 0 Å². The van der Waals surface area contributed by atoms with Crippen LogP contribution >= 0.6 is 11.6 Å². The van der Waals surface area contributed by atoms with Crippen molar-refractivity contribution in [3.05, 3.63) is 35.0 Å². The summed E-state index contributed by atoms with van der Waals surface area (Å²) in [5.74, 6) is -1.27. The number of benzene rings is 1. The number of carboxylic acid groups (broad SMARTS) is 1. The summed E-state index contributed by atoms with van der Waals surface area (Å²) in [6.07, 6.45) is -1.55. The van der Waals surface area contributed by atoms with Crippen LogP contribution in [-0.2, 0) is 4.79 Å². The van der Waals surface area contributed by atoms with E-state index in [2.05, 4.69) is 0 Å². The number of aliphatic carboxylic acids is 1. The molecule has 0 spiro atoms. The Balaban J connectivity index is 2.77. The van der Waals surface area contributed by atoms with Gasteiger partial charge in [-0.15, -0.1) is 0 Å². The highest BCUT2D eigenvalue weighted by Gasteiger charge is 2.23. The van der Waals surface area contributed by atoms with Gasteiger partial charge >= 0.3 is 5.97 Å². The lowest BCUT2D eigenvalue weighted by molar-refractivity contribution is -0.147. The highest BCUT2D eigenvalue weighted by molar-refractivity contribution is 6.35. The van der Waals surface area contributed by atoms with E-state index >= 15 is 0 Å². The van der Waals surface area contributed by atoms with Crippen LogP contribution in [0.15, 0.2) is 24.3 Å². The molecule has 2 rings (SSSR count). The number of nitrogens with zero attached hydrogens (tertiary/aromatic N) is 1. The van der Waals surface area contributed by atoms with E-state index in [1.807, 2.05) is 19.9 Å². The number of fused-ring (bicyclic) bond motifs is 1. The van der Waals surface area contributed by atoms with Crippen LogP contribution < -0.4 is 0 Å². The van der Waals surface area contributed by atoms with Gasteiger partial charge in [0.25, 0.3) is 0 Å². The maximum atomic E-state index is 10.9. The highest BCUT2D eigenvalue weighted by Crippen LogP contribution is 2.32. The van der Waals surface area contributed by atoms with Gasteiger partial charge in [0.1, 0.15) is 0 Å². The first-order valence-electron chi connectivity index (χ1n) is 5.63. The summed E-state index contributed by atoms with van der Waals surface area (Å²) in [7, 11) is 0. The van der Waals surface area contributed by atoms with Crippen molar-refractivity contribution in [3.8, 4) is 0 Å². The molecule has 2 aromatic rings. The molecule has 0 aliphatic heterocycles. The lowest BCUT2D eigenvalue weighted by Crippen LogP contribution is -2.16. The molecule has 18 heavy (non-hydrogen) atoms. The summed E-state index contributed by atoms with van der Waals surface area (Å²) in [4.78, 5) is 10.9. The number of hydrogen-bond acceptors (Lipinski definition) is 2. The van der Waals surface area contributed by atoms with E-state index in [1.165, 1.54) is 0 Å². The monoisotopic (exact) mass is 267 g/mol. The number of aliphatic hydroxyl groups is 1. The summed E-state index contributed by atoms with van der Waals surface area (Å²) in [6, 6.07) is 7.08. The summed E-state index contributed by atoms with van der Waals surface area (Å²) in [6.45, 7) is 3.86. The Morgan fingerprint density at radius 3 is 2.61 bits per heavy atom. The third-order valence-corrected chi connectivity index (χ3v) is 3.22. The van der Waals surface area contributed by atoms with Crippen molar-refractivity contribution in [2.75, 3.05) is 0 Å². The third-order valence-electron chi connectivity index (χ3n) is 2.89. The molecule has 1 atom stereocenters. The van der Waals surface area contributed by atoms with Crippen molar-refractivity contribution < 1.29 is 15.0 Å². The molecule has 1 aromatic heterocycles. The Morgan fingerprint density at radius 1 is 1.39 bits per heavy atom. The first-order valence-corrected chi connectivity index (χ1v) is 6.01. The number of rotatable bonds is 3. The van der Waals surface area contributed by atoms with Crippen molar-refractivity contribution in [2.24, 2.45) is 0 Å². The molecule has 0 saturated carbocycles. The molecule has 5 heteroatoms. The van der Waals surface area contributed by atoms with Gasteiger partial charge in [-0.25, -0.2) is 4.79 Å². The van der Waals surface area contributed by atoms with Gasteiger partial charge in [-0.1, -0.05) is 17.7 Å². The van der Waals surface area contributed by atoms with Crippen LogP contribution in [0.5, 0.6) is 0 Å². The largest absolute Gasteiger partial charge is 0.479 e. The number of aliphatic hydroxyl groups excluding tert-OH is 1. The zero-order chi connectivity index (χ0) is 13.4. The minimum absolute atomic E-state index is 0.0324. The van der Waals surface area contributed by atoms with E-state index in [0.29, 0.717) is 10.7 Å². The normalized spacial score (nSPS) is 13.2. The highest BCUT2D eigenvalue weighted by atomic mass is 35.5. The maximum Gasteiger partial charge on any atom is 0.338 e. The zero-order valence-corrected chi connectivity index (χ0v) is 10.8. The molecule has 1 aromatic carbocycles. The molecule has 2 N–H and O–H groups in total. The van der Waals surface area contributed by atoms with Crippen molar-refractivity contribution in [2.45, 2.75) is 26.0 Å². The Labute approximate surface area is 109 Å². The second-order valence-corrected chi connectivity index (χ2v) is 4.85. The fourth-order valence-electron chi connectivity index (χ4n) is 2.15. The number of halogens is 1. The number of aromatic nitrogens is 1. The minimum atomic E-state index is -1.55. The molecule has 1 heterocycles. The van der Waals surface area contributed by atoms with Gasteiger partial charge in [-0.3, -0.25) is 0 Å². The number of hydrogen-bond donors (Lipinski definition) is 2. The summed E-state index contributed by atoms with van der Waals surface area (Å²) < 4.78 is 1.79. The lowest BCUT2D eigenvalue weighted by atomic mass is 10.2. The molecular formula is C13H14ClNO3. The summed E-state index contributed by atoms with van der Waals surface area (Å²) >= 11 is 6.09. The van der Waals surface area contributed by atoms with E-state index in [9.17, 15) is 9.90 Å². The molecule has 1 unspecified atom stereocenters. The van der Waals surface area contributed by atoms with Crippen LogP contribution in [0.1, 0.15) is 31.7 Å². The van der Waals surface area contributed by atoms with Crippen molar-refractivity contribution in [3.63, 3.8) is 0 Å². The summed E-state index contributed by atoms with van der Waals surface area (Å²) in [5.41, 5.74) is 1.17. The van der Waals surface area contributed by atoms with Gasteiger partial charge in [-0.05, 0) is 32.0 Å². The van der Waals surface area contributed by atoms with Gasteiger partial charge in [0, 0.05) is 16.5 Å². The maximum absolute atomic E-state index is 10.9. The zero-order valence-electron chi connectivity index (χ0n) is 10.1. The molecule has 0 amide bonds. The van der Waals surface area contributed by atoms with Crippen molar-refractivity contribution in [1.82, 2.24) is 4.57 Å². The van der Waals surface area contributed by atoms with Gasteiger partial charge in [0.15, 0.2) is 6.10 Å². The van der Waals surface area contributed by atoms with Crippen LogP contribution in [0.25, 0.3) is 10.9 Å². The quantitative estimate of drug-likeness (QED) is 0.899. The molecule has 4 nitrogen and oxygen atoms in total. The van der Waals surface area contributed by atoms with Crippen LogP contribution in [-0.4, -0.2) is 20.7 Å². The van der Waals surface area contributed by atoms with E-state index in [4.69, 9.17) is 16.7 Å². The Morgan fingerprint density at radius 2 is 2.06 bits per heavy atom. The van der Waals surface area contributed by atoms with E-state index < -0.39 is 12.1 Å². The fraction of sp³-hybridized carbons (Fsp3) is 0.308. The second-order valence-electron chi connectivity index (χ2n) is 4.45. The van der Waals surface area contributed by atoms with Crippen LogP contribution in [0, 0.1) is 0 Å². The number of carboxylic acids is 1. The average molecular weight is 268 g/mol. The molecule has 0 aliphatic carbocycles. The lowest BCUT2D eigenvalue weighted by Gasteiger charge is -2.16. The first kappa shape index (κ1) is 12.9. The van der Waals surface area contributed by atoms with Crippen LogP contribution in [0.4, 0.5) is 0 Å². The minimum Gasteiger partial charge on any atom is -0.479 e. The molecule has 0 fully saturated rings. The second kappa shape index (κ2) is 4.63. The van der Waals surface area contributed by atoms with Gasteiger partial charge in [0.2, 0.25) is 0 Å². The van der Waals surface area contributed by atoms with Crippen LogP contribution in [0.2, 0.25) is 5.02 Å². The molecule has 0 radical (unpaired) electrons. The van der Waals surface area contributed by atoms with Gasteiger partial charge < -0.3 is 14.8 Å². The first-order chi connectivity index (χ1) is 8.43. The third kappa shape index (κ3) is 1.98. The smallest absolute Gasteiger partial charge is 0.338 e. The molecular weight excluding hydrogens is 254 g/mol. The van der Waals surface area contributed by atoms with Gasteiger partial charge in [0.05, 0.1) is 11.2 Å². The summed E-state index contributed by atoms with van der Waals surface area (Å²) in [5, 5.41) is 20.0. The fourth-order valence-corrected chi connectivity index (χ4v) is 2.37. The Kier molecular flexibility index (Phi) is 3.32. The predicted octanol–water partition coefficient (Wildman–Crippen LogP) is 2.99. The topological polar surface area (TPSA) is 62.5 Å². The standard InChI is InChI=1S/C13H14ClNO3/c1-7(2)15-10-5-3-4-9(14)8(10)6-11(15)12(16)13(17)18/h3-7,12,16H,1-2H3,(H,17,18). The van der Waals surface area contributed by atoms with Crippen molar-refractivity contribution in [1.29, 1.82) is 0 Å². The molecule has 0 bridgehead atoms. The molecule has 0 saturated heterocycles. The predicted molar refractivity (Wildman–Crippen MR) is 69.9 cm³/mol. The van der Waals surface area contributed by atoms with E-state index in [0.717, 1.165) is 10.9 Å². The number of carbonyl (C=O) groups is 1.